The van der Waals surface area contributed by atoms with Gasteiger partial charge in [0.25, 0.3) is 0 Å². The van der Waals surface area contributed by atoms with E-state index in [0.29, 0.717) is 18.8 Å². The summed E-state index contributed by atoms with van der Waals surface area (Å²) >= 11 is 0. The quantitative estimate of drug-likeness (QED) is 0.704. The van der Waals surface area contributed by atoms with Gasteiger partial charge in [0, 0.05) is 23.2 Å². The number of carboxylic acid groups (broad SMARTS) is 1. The van der Waals surface area contributed by atoms with Gasteiger partial charge in [-0.15, -0.1) is 0 Å². The van der Waals surface area contributed by atoms with Crippen LogP contribution in [0.15, 0.2) is 35.5 Å². The molecule has 28 heavy (non-hydrogen) atoms. The minimum absolute atomic E-state index is 0.0163. The zero-order chi connectivity index (χ0) is 20.5. The summed E-state index contributed by atoms with van der Waals surface area (Å²) in [5.41, 5.74) is 1.11. The molecule has 0 saturated heterocycles. The second-order valence-electron chi connectivity index (χ2n) is 9.89. The predicted molar refractivity (Wildman–Crippen MR) is 104 cm³/mol. The molecular formula is C24H29O4-. The zero-order valence-corrected chi connectivity index (χ0v) is 17.2. The van der Waals surface area contributed by atoms with E-state index in [1.165, 1.54) is 11.1 Å². The van der Waals surface area contributed by atoms with Crippen molar-refractivity contribution in [2.24, 2.45) is 34.0 Å². The van der Waals surface area contributed by atoms with Crippen LogP contribution in [-0.2, 0) is 14.4 Å². The number of carboxylic acids is 1. The smallest absolute Gasteiger partial charge is 0.178 e. The number of fused-ring (bicyclic) bond motifs is 5. The standard InChI is InChI=1S/C24H30O4/c1-14-11-17-18(22(3)8-5-16(26)12-20(14)22)6-9-23(4)19(17)7-10-24(23,15(2)25)13-21(27)28/h5-6,8,12,14,17,19H,7,9-11,13H2,1-4H3,(H,27,28)/p-1/t14?,17-,19+,22-,23+,24+/m1/s1. The van der Waals surface area contributed by atoms with Gasteiger partial charge >= 0.3 is 0 Å². The molecule has 0 spiro atoms. The number of Topliss-reactive ketones (excluding diaryl/α,β-unsaturated/α-hetero) is 1. The molecule has 0 radical (unpaired) electrons. The Morgan fingerprint density at radius 2 is 1.96 bits per heavy atom. The Morgan fingerprint density at radius 3 is 2.61 bits per heavy atom. The van der Waals surface area contributed by atoms with Crippen LogP contribution in [0.4, 0.5) is 0 Å². The molecular weight excluding hydrogens is 352 g/mol. The summed E-state index contributed by atoms with van der Waals surface area (Å²) in [7, 11) is 0. The van der Waals surface area contributed by atoms with E-state index in [4.69, 9.17) is 0 Å². The summed E-state index contributed by atoms with van der Waals surface area (Å²) in [4.78, 5) is 36.3. The molecule has 0 bridgehead atoms. The van der Waals surface area contributed by atoms with Crippen LogP contribution < -0.4 is 5.11 Å². The average Bonchev–Trinajstić information content (AvgIpc) is 2.90. The summed E-state index contributed by atoms with van der Waals surface area (Å²) in [6.07, 6.45) is 10.8. The molecule has 6 atom stereocenters. The Kier molecular flexibility index (Phi) is 4.16. The molecule has 0 N–H and O–H groups in total. The van der Waals surface area contributed by atoms with Crippen molar-refractivity contribution in [2.45, 2.75) is 59.8 Å². The molecule has 4 aliphatic rings. The fourth-order valence-corrected chi connectivity index (χ4v) is 7.29. The molecule has 0 aliphatic heterocycles. The lowest BCUT2D eigenvalue weighted by Gasteiger charge is -2.56. The van der Waals surface area contributed by atoms with Crippen LogP contribution in [-0.4, -0.2) is 17.5 Å². The number of carbonyl (C=O) groups excluding carboxylic acids is 3. The highest BCUT2D eigenvalue weighted by molar-refractivity contribution is 6.01. The predicted octanol–water partition coefficient (Wildman–Crippen LogP) is 3.18. The highest BCUT2D eigenvalue weighted by Gasteiger charge is 2.64. The Labute approximate surface area is 166 Å². The van der Waals surface area contributed by atoms with E-state index in [9.17, 15) is 19.5 Å². The van der Waals surface area contributed by atoms with Gasteiger partial charge in [0.2, 0.25) is 0 Å². The third-order valence-corrected chi connectivity index (χ3v) is 8.76. The van der Waals surface area contributed by atoms with E-state index in [0.717, 1.165) is 12.8 Å². The first-order valence-electron chi connectivity index (χ1n) is 10.4. The number of aliphatic carboxylic acids is 1. The summed E-state index contributed by atoms with van der Waals surface area (Å²) in [6, 6.07) is 0. The normalized spacial score (nSPS) is 44.1. The molecule has 4 aliphatic carbocycles. The van der Waals surface area contributed by atoms with Gasteiger partial charge in [-0.05, 0) is 80.4 Å². The molecule has 150 valence electrons. The topological polar surface area (TPSA) is 74.3 Å². The zero-order valence-electron chi connectivity index (χ0n) is 17.2. The van der Waals surface area contributed by atoms with Crippen LogP contribution in [0.5, 0.6) is 0 Å². The second kappa shape index (κ2) is 6.01. The molecule has 0 aromatic rings. The molecule has 0 heterocycles. The number of rotatable bonds is 3. The fraction of sp³-hybridized carbons (Fsp3) is 0.625. The minimum atomic E-state index is -1.13. The monoisotopic (exact) mass is 381 g/mol. The summed E-state index contributed by atoms with van der Waals surface area (Å²) in [6.45, 7) is 8.07. The lowest BCUT2D eigenvalue weighted by molar-refractivity contribution is -0.309. The highest BCUT2D eigenvalue weighted by atomic mass is 16.4. The number of carbonyl (C=O) groups is 3. The van der Waals surface area contributed by atoms with Gasteiger partial charge in [-0.2, -0.15) is 0 Å². The first kappa shape index (κ1) is 19.4. The number of hydrogen-bond acceptors (Lipinski definition) is 4. The second-order valence-corrected chi connectivity index (χ2v) is 9.89. The Morgan fingerprint density at radius 1 is 1.25 bits per heavy atom. The summed E-state index contributed by atoms with van der Waals surface area (Å²) in [5, 5.41) is 11.6. The lowest BCUT2D eigenvalue weighted by atomic mass is 9.47. The first-order valence-corrected chi connectivity index (χ1v) is 10.4. The molecule has 4 nitrogen and oxygen atoms in total. The lowest BCUT2D eigenvalue weighted by Crippen LogP contribution is -2.52. The van der Waals surface area contributed by atoms with E-state index in [-0.39, 0.29) is 40.7 Å². The maximum Gasteiger partial charge on any atom is 0.178 e. The van der Waals surface area contributed by atoms with E-state index >= 15 is 0 Å². The Balaban J connectivity index is 1.81. The SMILES string of the molecule is CC(=O)[C@@]1(CC(=O)[O-])CC[C@H]2[C@@H]3CC(C)C4=CC(=O)C=C[C@]4(C)C3=CC[C@@]21C. The summed E-state index contributed by atoms with van der Waals surface area (Å²) < 4.78 is 0. The Hall–Kier alpha value is -1.97. The van der Waals surface area contributed by atoms with Crippen molar-refractivity contribution < 1.29 is 19.5 Å². The number of ketones is 2. The van der Waals surface area contributed by atoms with E-state index in [2.05, 4.69) is 32.9 Å². The van der Waals surface area contributed by atoms with Gasteiger partial charge in [0.1, 0.15) is 5.78 Å². The molecule has 0 amide bonds. The molecule has 4 heteroatoms. The van der Waals surface area contributed by atoms with Gasteiger partial charge < -0.3 is 9.90 Å². The van der Waals surface area contributed by atoms with Crippen molar-refractivity contribution >= 4 is 17.5 Å². The van der Waals surface area contributed by atoms with Gasteiger partial charge in [0.05, 0.1) is 0 Å². The maximum atomic E-state index is 12.7. The third-order valence-electron chi connectivity index (χ3n) is 8.76. The van der Waals surface area contributed by atoms with Crippen LogP contribution in [0.1, 0.15) is 59.8 Å². The van der Waals surface area contributed by atoms with Crippen LogP contribution in [0.2, 0.25) is 0 Å². The Bertz CT molecular complexity index is 862. The number of hydrogen-bond donors (Lipinski definition) is 0. The maximum absolute atomic E-state index is 12.7. The van der Waals surface area contributed by atoms with E-state index < -0.39 is 11.4 Å². The molecule has 2 fully saturated rings. The van der Waals surface area contributed by atoms with Crippen molar-refractivity contribution in [3.8, 4) is 0 Å². The summed E-state index contributed by atoms with van der Waals surface area (Å²) in [5.74, 6) is -0.201. The van der Waals surface area contributed by atoms with Crippen LogP contribution in [0.25, 0.3) is 0 Å². The van der Waals surface area contributed by atoms with Gasteiger partial charge in [0.15, 0.2) is 5.78 Å². The van der Waals surface area contributed by atoms with Crippen molar-refractivity contribution in [3.05, 3.63) is 35.5 Å². The minimum Gasteiger partial charge on any atom is -0.550 e. The molecule has 0 aromatic carbocycles. The molecule has 1 unspecified atom stereocenters. The molecule has 2 saturated carbocycles. The highest BCUT2D eigenvalue weighted by Crippen LogP contribution is 2.69. The van der Waals surface area contributed by atoms with Crippen LogP contribution in [0, 0.1) is 34.0 Å². The largest absolute Gasteiger partial charge is 0.550 e. The number of allylic oxidation sites excluding steroid dienone is 6. The van der Waals surface area contributed by atoms with Crippen molar-refractivity contribution in [1.82, 2.24) is 0 Å². The van der Waals surface area contributed by atoms with E-state index in [1.807, 2.05) is 0 Å². The van der Waals surface area contributed by atoms with Crippen molar-refractivity contribution in [2.75, 3.05) is 0 Å². The average molecular weight is 381 g/mol. The van der Waals surface area contributed by atoms with Gasteiger partial charge in [-0.3, -0.25) is 9.59 Å². The van der Waals surface area contributed by atoms with Crippen LogP contribution in [0.3, 0.4) is 0 Å². The van der Waals surface area contributed by atoms with E-state index in [1.54, 1.807) is 19.1 Å². The third kappa shape index (κ3) is 2.33. The molecule has 0 aromatic heterocycles. The van der Waals surface area contributed by atoms with Gasteiger partial charge in [-0.1, -0.05) is 31.6 Å². The fourth-order valence-electron chi connectivity index (χ4n) is 7.29. The van der Waals surface area contributed by atoms with Gasteiger partial charge in [-0.25, -0.2) is 0 Å². The molecule has 4 rings (SSSR count). The van der Waals surface area contributed by atoms with Crippen molar-refractivity contribution in [3.63, 3.8) is 0 Å². The first-order chi connectivity index (χ1) is 13.0. The van der Waals surface area contributed by atoms with Crippen molar-refractivity contribution in [1.29, 1.82) is 0 Å². The van der Waals surface area contributed by atoms with Crippen LogP contribution >= 0.6 is 0 Å².